The predicted molar refractivity (Wildman–Crippen MR) is 111 cm³/mol. The van der Waals surface area contributed by atoms with Gasteiger partial charge < -0.3 is 4.74 Å². The standard InChI is InChI=1S/C25H26FNO2/c1-2-3-4-5-18-6-8-19(9-7-18)20-10-12-21(13-11-20)25(28)29-23-15-14-22(17-27)24(26)16-23/h2-3,6-9,14-16,20-21H,4-5,10-13H2,1H3/b3-2+. The molecule has 0 N–H and O–H groups in total. The van der Waals surface area contributed by atoms with Crippen LogP contribution < -0.4 is 4.74 Å². The van der Waals surface area contributed by atoms with E-state index >= 15 is 0 Å². The number of esters is 1. The van der Waals surface area contributed by atoms with Gasteiger partial charge in [-0.3, -0.25) is 4.79 Å². The highest BCUT2D eigenvalue weighted by Crippen LogP contribution is 2.36. The monoisotopic (exact) mass is 391 g/mol. The number of nitrogens with zero attached hydrogens (tertiary/aromatic N) is 1. The third kappa shape index (κ3) is 5.54. The van der Waals surface area contributed by atoms with Crippen molar-refractivity contribution in [3.05, 3.63) is 77.1 Å². The Balaban J connectivity index is 1.51. The molecule has 150 valence electrons. The van der Waals surface area contributed by atoms with Crippen molar-refractivity contribution in [3.8, 4) is 11.8 Å². The summed E-state index contributed by atoms with van der Waals surface area (Å²) in [6, 6.07) is 14.5. The molecule has 0 heterocycles. The largest absolute Gasteiger partial charge is 0.426 e. The summed E-state index contributed by atoms with van der Waals surface area (Å²) in [7, 11) is 0. The van der Waals surface area contributed by atoms with Crippen LogP contribution in [0.15, 0.2) is 54.6 Å². The lowest BCUT2D eigenvalue weighted by atomic mass is 9.78. The van der Waals surface area contributed by atoms with Gasteiger partial charge in [0, 0.05) is 6.07 Å². The molecule has 0 unspecified atom stereocenters. The summed E-state index contributed by atoms with van der Waals surface area (Å²) in [6.45, 7) is 2.04. The highest BCUT2D eigenvalue weighted by Gasteiger charge is 2.28. The second kappa shape index (κ2) is 10.0. The average molecular weight is 391 g/mol. The van der Waals surface area contributed by atoms with Crippen LogP contribution in [0.3, 0.4) is 0 Å². The maximum absolute atomic E-state index is 13.7. The van der Waals surface area contributed by atoms with Crippen LogP contribution in [0.2, 0.25) is 0 Å². The molecule has 0 aliphatic heterocycles. The number of carbonyl (C=O) groups excluding carboxylic acids is 1. The molecule has 0 amide bonds. The summed E-state index contributed by atoms with van der Waals surface area (Å²) in [5.74, 6) is -0.522. The van der Waals surface area contributed by atoms with E-state index in [0.717, 1.165) is 44.6 Å². The maximum atomic E-state index is 13.7. The van der Waals surface area contributed by atoms with Crippen LogP contribution >= 0.6 is 0 Å². The normalized spacial score (nSPS) is 19.1. The lowest BCUT2D eigenvalue weighted by molar-refractivity contribution is -0.140. The summed E-state index contributed by atoms with van der Waals surface area (Å²) in [5.41, 5.74) is 2.62. The molecule has 3 nitrogen and oxygen atoms in total. The molecule has 0 spiro atoms. The average Bonchev–Trinajstić information content (AvgIpc) is 2.75. The van der Waals surface area contributed by atoms with Gasteiger partial charge >= 0.3 is 5.97 Å². The fourth-order valence-electron chi connectivity index (χ4n) is 3.89. The fraction of sp³-hybridized carbons (Fsp3) is 0.360. The number of carbonyl (C=O) groups is 1. The van der Waals surface area contributed by atoms with E-state index in [-0.39, 0.29) is 23.2 Å². The van der Waals surface area contributed by atoms with Gasteiger partial charge in [-0.15, -0.1) is 0 Å². The smallest absolute Gasteiger partial charge is 0.314 e. The van der Waals surface area contributed by atoms with Crippen LogP contribution in [0.4, 0.5) is 4.39 Å². The van der Waals surface area contributed by atoms with Crippen molar-refractivity contribution < 1.29 is 13.9 Å². The van der Waals surface area contributed by atoms with Crippen LogP contribution in [0.1, 0.15) is 61.6 Å². The molecular weight excluding hydrogens is 365 g/mol. The summed E-state index contributed by atoms with van der Waals surface area (Å²) in [5, 5.41) is 8.78. The van der Waals surface area contributed by atoms with E-state index in [9.17, 15) is 9.18 Å². The van der Waals surface area contributed by atoms with Gasteiger partial charge in [-0.2, -0.15) is 5.26 Å². The van der Waals surface area contributed by atoms with E-state index in [1.165, 1.54) is 23.3 Å². The number of allylic oxidation sites excluding steroid dienone is 2. The molecule has 4 heteroatoms. The zero-order valence-electron chi connectivity index (χ0n) is 16.7. The first kappa shape index (κ1) is 20.8. The van der Waals surface area contributed by atoms with Crippen molar-refractivity contribution in [2.45, 2.75) is 51.4 Å². The van der Waals surface area contributed by atoms with Gasteiger partial charge in [-0.25, -0.2) is 4.39 Å². The topological polar surface area (TPSA) is 50.1 Å². The molecule has 2 aromatic carbocycles. The van der Waals surface area contributed by atoms with Crippen LogP contribution in [0.25, 0.3) is 0 Å². The first-order valence-electron chi connectivity index (χ1n) is 10.2. The SMILES string of the molecule is C/C=C/CCc1ccc(C2CCC(C(=O)Oc3ccc(C#N)c(F)c3)CC2)cc1. The van der Waals surface area contributed by atoms with E-state index in [2.05, 4.69) is 36.4 Å². The molecule has 0 atom stereocenters. The van der Waals surface area contributed by atoms with Gasteiger partial charge in [0.15, 0.2) is 0 Å². The predicted octanol–water partition coefficient (Wildman–Crippen LogP) is 6.09. The number of nitriles is 1. The van der Waals surface area contributed by atoms with Crippen molar-refractivity contribution in [3.63, 3.8) is 0 Å². The molecular formula is C25H26FNO2. The van der Waals surface area contributed by atoms with Crippen molar-refractivity contribution in [1.82, 2.24) is 0 Å². The number of benzene rings is 2. The van der Waals surface area contributed by atoms with Crippen LogP contribution in [0.5, 0.6) is 5.75 Å². The molecule has 0 aromatic heterocycles. The molecule has 0 bridgehead atoms. The van der Waals surface area contributed by atoms with E-state index < -0.39 is 5.82 Å². The third-order valence-corrected chi connectivity index (χ3v) is 5.63. The molecule has 3 rings (SSSR count). The number of ether oxygens (including phenoxy) is 1. The highest BCUT2D eigenvalue weighted by atomic mass is 19.1. The molecule has 1 aliphatic carbocycles. The van der Waals surface area contributed by atoms with Gasteiger partial charge in [0.05, 0.1) is 11.5 Å². The summed E-state index contributed by atoms with van der Waals surface area (Å²) in [6.07, 6.45) is 9.80. The Kier molecular flexibility index (Phi) is 7.19. The second-order valence-corrected chi connectivity index (χ2v) is 7.57. The summed E-state index contributed by atoms with van der Waals surface area (Å²) in [4.78, 5) is 12.4. The minimum Gasteiger partial charge on any atom is -0.426 e. The van der Waals surface area contributed by atoms with Gasteiger partial charge in [0.2, 0.25) is 0 Å². The Morgan fingerprint density at radius 3 is 2.52 bits per heavy atom. The van der Waals surface area contributed by atoms with E-state index in [1.54, 1.807) is 6.07 Å². The van der Waals surface area contributed by atoms with Crippen molar-refractivity contribution in [2.75, 3.05) is 0 Å². The Bertz CT molecular complexity index is 903. The second-order valence-electron chi connectivity index (χ2n) is 7.57. The number of aryl methyl sites for hydroxylation is 1. The number of halogens is 1. The van der Waals surface area contributed by atoms with Crippen LogP contribution in [0, 0.1) is 23.1 Å². The lowest BCUT2D eigenvalue weighted by Crippen LogP contribution is -2.25. The maximum Gasteiger partial charge on any atom is 0.314 e. The molecule has 1 fully saturated rings. The third-order valence-electron chi connectivity index (χ3n) is 5.63. The Morgan fingerprint density at radius 1 is 1.17 bits per heavy atom. The molecule has 29 heavy (non-hydrogen) atoms. The molecule has 1 aliphatic rings. The summed E-state index contributed by atoms with van der Waals surface area (Å²) >= 11 is 0. The highest BCUT2D eigenvalue weighted by molar-refractivity contribution is 5.75. The fourth-order valence-corrected chi connectivity index (χ4v) is 3.89. The minimum absolute atomic E-state index is 0.0573. The molecule has 0 saturated heterocycles. The zero-order valence-corrected chi connectivity index (χ0v) is 16.7. The quantitative estimate of drug-likeness (QED) is 0.340. The van der Waals surface area contributed by atoms with Gasteiger partial charge in [0.1, 0.15) is 17.6 Å². The zero-order chi connectivity index (χ0) is 20.6. The van der Waals surface area contributed by atoms with Gasteiger partial charge in [-0.1, -0.05) is 36.4 Å². The number of hydrogen-bond donors (Lipinski definition) is 0. The Morgan fingerprint density at radius 2 is 1.90 bits per heavy atom. The van der Waals surface area contributed by atoms with Crippen LogP contribution in [-0.2, 0) is 11.2 Å². The Labute approximate surface area is 171 Å². The molecule has 1 saturated carbocycles. The number of rotatable bonds is 6. The molecule has 0 radical (unpaired) electrons. The van der Waals surface area contributed by atoms with Crippen molar-refractivity contribution in [1.29, 1.82) is 5.26 Å². The van der Waals surface area contributed by atoms with E-state index in [0.29, 0.717) is 5.92 Å². The van der Waals surface area contributed by atoms with Crippen LogP contribution in [-0.4, -0.2) is 5.97 Å². The van der Waals surface area contributed by atoms with Crippen molar-refractivity contribution >= 4 is 5.97 Å². The molecule has 2 aromatic rings. The first-order valence-corrected chi connectivity index (χ1v) is 10.2. The summed E-state index contributed by atoms with van der Waals surface area (Å²) < 4.78 is 19.0. The van der Waals surface area contributed by atoms with Gasteiger partial charge in [-0.05, 0) is 74.6 Å². The van der Waals surface area contributed by atoms with E-state index in [4.69, 9.17) is 10.00 Å². The number of hydrogen-bond acceptors (Lipinski definition) is 3. The van der Waals surface area contributed by atoms with E-state index in [1.807, 2.05) is 6.92 Å². The first-order chi connectivity index (χ1) is 14.1. The Hall–Kier alpha value is -2.93. The minimum atomic E-state index is -0.671. The lowest BCUT2D eigenvalue weighted by Gasteiger charge is -2.27. The van der Waals surface area contributed by atoms with Gasteiger partial charge in [0.25, 0.3) is 0 Å². The van der Waals surface area contributed by atoms with Crippen molar-refractivity contribution in [2.24, 2.45) is 5.92 Å².